The lowest BCUT2D eigenvalue weighted by molar-refractivity contribution is -0.142. The third kappa shape index (κ3) is 4.68. The molecule has 3 rings (SSSR count). The summed E-state index contributed by atoms with van der Waals surface area (Å²) in [6, 6.07) is 11.9. The zero-order chi connectivity index (χ0) is 20.1. The minimum absolute atomic E-state index is 0.142. The number of aromatic nitrogens is 2. The van der Waals surface area contributed by atoms with E-state index in [2.05, 4.69) is 5.10 Å². The van der Waals surface area contributed by atoms with Crippen molar-refractivity contribution in [2.45, 2.75) is 19.8 Å². The molecule has 0 amide bonds. The van der Waals surface area contributed by atoms with Gasteiger partial charge in [-0.1, -0.05) is 24.3 Å². The highest BCUT2D eigenvalue weighted by Crippen LogP contribution is 2.13. The molecule has 0 unspecified atom stereocenters. The van der Waals surface area contributed by atoms with Crippen LogP contribution in [0.1, 0.15) is 23.7 Å². The van der Waals surface area contributed by atoms with E-state index in [1.54, 1.807) is 19.1 Å². The molecule has 0 aliphatic rings. The summed E-state index contributed by atoms with van der Waals surface area (Å²) in [5, 5.41) is 4.25. The largest absolute Gasteiger partial charge is 0.466 e. The maximum absolute atomic E-state index is 13.5. The molecule has 0 fully saturated rings. The van der Waals surface area contributed by atoms with Gasteiger partial charge in [0.1, 0.15) is 5.69 Å². The van der Waals surface area contributed by atoms with E-state index in [1.165, 1.54) is 23.0 Å². The summed E-state index contributed by atoms with van der Waals surface area (Å²) in [7, 11) is 0. The van der Waals surface area contributed by atoms with E-state index in [4.69, 9.17) is 4.74 Å². The Morgan fingerprint density at radius 2 is 1.86 bits per heavy atom. The molecular formula is C21H18F2N2O3. The predicted octanol–water partition coefficient (Wildman–Crippen LogP) is 3.21. The van der Waals surface area contributed by atoms with Crippen molar-refractivity contribution in [3.63, 3.8) is 0 Å². The van der Waals surface area contributed by atoms with Gasteiger partial charge >= 0.3 is 5.97 Å². The minimum atomic E-state index is -0.994. The Labute approximate surface area is 160 Å². The molecule has 3 aromatic rings. The smallest absolute Gasteiger partial charge is 0.310 e. The van der Waals surface area contributed by atoms with Gasteiger partial charge in [0, 0.05) is 24.8 Å². The van der Waals surface area contributed by atoms with Crippen LogP contribution in [-0.4, -0.2) is 22.4 Å². The van der Waals surface area contributed by atoms with Gasteiger partial charge in [-0.25, -0.2) is 13.5 Å². The van der Waals surface area contributed by atoms with Crippen LogP contribution in [0.3, 0.4) is 0 Å². The van der Waals surface area contributed by atoms with Crippen LogP contribution < -0.4 is 5.43 Å². The topological polar surface area (TPSA) is 61.2 Å². The molecule has 0 bridgehead atoms. The van der Waals surface area contributed by atoms with Crippen LogP contribution in [0.5, 0.6) is 0 Å². The summed E-state index contributed by atoms with van der Waals surface area (Å²) in [5.41, 5.74) is 1.86. The summed E-state index contributed by atoms with van der Waals surface area (Å²) in [5.74, 6) is -2.27. The fourth-order valence-corrected chi connectivity index (χ4v) is 2.76. The van der Waals surface area contributed by atoms with Crippen molar-refractivity contribution in [3.05, 3.63) is 93.4 Å². The lowest BCUT2D eigenvalue weighted by atomic mass is 10.0. The predicted molar refractivity (Wildman–Crippen MR) is 99.3 cm³/mol. The Kier molecular flexibility index (Phi) is 5.93. The summed E-state index contributed by atoms with van der Waals surface area (Å²) < 4.78 is 32.9. The third-order valence-electron chi connectivity index (χ3n) is 4.06. The Hall–Kier alpha value is -3.35. The number of hydrogen-bond donors (Lipinski definition) is 0. The van der Waals surface area contributed by atoms with E-state index < -0.39 is 11.6 Å². The van der Waals surface area contributed by atoms with Crippen molar-refractivity contribution in [2.75, 3.05) is 6.61 Å². The Bertz CT molecular complexity index is 1060. The molecule has 0 radical (unpaired) electrons. The van der Waals surface area contributed by atoms with Crippen LogP contribution in [0.25, 0.3) is 5.69 Å². The standard InChI is InChI=1S/C21H18F2N2O3/c1-2-28-21(27)12-15-5-3-4-14(10-15)11-19-20(26)8-9-25(24-19)16-6-7-17(22)18(23)13-16/h3-10,13H,2,11-12H2,1H3. The van der Waals surface area contributed by atoms with Crippen LogP contribution in [0.2, 0.25) is 0 Å². The van der Waals surface area contributed by atoms with Crippen molar-refractivity contribution in [1.29, 1.82) is 0 Å². The second kappa shape index (κ2) is 8.56. The molecule has 0 aliphatic heterocycles. The summed E-state index contributed by atoms with van der Waals surface area (Å²) in [6.07, 6.45) is 1.78. The van der Waals surface area contributed by atoms with Crippen molar-refractivity contribution < 1.29 is 18.3 Å². The first-order chi connectivity index (χ1) is 13.5. The van der Waals surface area contributed by atoms with Gasteiger partial charge in [0.05, 0.1) is 18.7 Å². The summed E-state index contributed by atoms with van der Waals surface area (Å²) in [4.78, 5) is 23.8. The maximum atomic E-state index is 13.5. The molecule has 0 N–H and O–H groups in total. The first-order valence-corrected chi connectivity index (χ1v) is 8.74. The van der Waals surface area contributed by atoms with Gasteiger partial charge in [-0.3, -0.25) is 9.59 Å². The second-order valence-corrected chi connectivity index (χ2v) is 6.15. The lowest BCUT2D eigenvalue weighted by Gasteiger charge is -2.09. The van der Waals surface area contributed by atoms with Crippen LogP contribution in [-0.2, 0) is 22.4 Å². The molecule has 0 spiro atoms. The normalized spacial score (nSPS) is 10.7. The number of carbonyl (C=O) groups excluding carboxylic acids is 1. The highest BCUT2D eigenvalue weighted by atomic mass is 19.2. The summed E-state index contributed by atoms with van der Waals surface area (Å²) in [6.45, 7) is 2.06. The van der Waals surface area contributed by atoms with Gasteiger partial charge in [-0.05, 0) is 30.2 Å². The fourth-order valence-electron chi connectivity index (χ4n) is 2.76. The number of benzene rings is 2. The van der Waals surface area contributed by atoms with Crippen LogP contribution in [0.4, 0.5) is 8.78 Å². The van der Waals surface area contributed by atoms with Crippen molar-refractivity contribution in [2.24, 2.45) is 0 Å². The summed E-state index contributed by atoms with van der Waals surface area (Å²) >= 11 is 0. The molecule has 7 heteroatoms. The van der Waals surface area contributed by atoms with Gasteiger partial charge in [0.15, 0.2) is 11.6 Å². The Morgan fingerprint density at radius 1 is 1.07 bits per heavy atom. The van der Waals surface area contributed by atoms with Gasteiger partial charge in [0.25, 0.3) is 0 Å². The van der Waals surface area contributed by atoms with Gasteiger partial charge < -0.3 is 4.74 Å². The molecule has 5 nitrogen and oxygen atoms in total. The molecule has 144 valence electrons. The molecule has 2 aromatic carbocycles. The van der Waals surface area contributed by atoms with E-state index in [9.17, 15) is 18.4 Å². The van der Waals surface area contributed by atoms with Crippen LogP contribution >= 0.6 is 0 Å². The average Bonchev–Trinajstić information content (AvgIpc) is 2.66. The third-order valence-corrected chi connectivity index (χ3v) is 4.06. The highest BCUT2D eigenvalue weighted by molar-refractivity contribution is 5.72. The molecule has 1 heterocycles. The zero-order valence-electron chi connectivity index (χ0n) is 15.2. The molecule has 0 saturated heterocycles. The first kappa shape index (κ1) is 19.4. The van der Waals surface area contributed by atoms with Crippen molar-refractivity contribution in [1.82, 2.24) is 9.78 Å². The van der Waals surface area contributed by atoms with Gasteiger partial charge in [-0.15, -0.1) is 0 Å². The van der Waals surface area contributed by atoms with E-state index in [-0.39, 0.29) is 29.9 Å². The van der Waals surface area contributed by atoms with Crippen LogP contribution in [0, 0.1) is 11.6 Å². The number of ether oxygens (including phenoxy) is 1. The fraction of sp³-hybridized carbons (Fsp3) is 0.190. The van der Waals surface area contributed by atoms with Crippen molar-refractivity contribution in [3.8, 4) is 5.69 Å². The second-order valence-electron chi connectivity index (χ2n) is 6.15. The maximum Gasteiger partial charge on any atom is 0.310 e. The van der Waals surface area contributed by atoms with E-state index in [1.807, 2.05) is 12.1 Å². The first-order valence-electron chi connectivity index (χ1n) is 8.74. The lowest BCUT2D eigenvalue weighted by Crippen LogP contribution is -2.16. The highest BCUT2D eigenvalue weighted by Gasteiger charge is 2.10. The number of nitrogens with zero attached hydrogens (tertiary/aromatic N) is 2. The number of rotatable bonds is 6. The molecule has 0 aliphatic carbocycles. The van der Waals surface area contributed by atoms with Crippen LogP contribution in [0.15, 0.2) is 59.5 Å². The van der Waals surface area contributed by atoms with E-state index in [0.29, 0.717) is 12.3 Å². The monoisotopic (exact) mass is 384 g/mol. The minimum Gasteiger partial charge on any atom is -0.466 e. The molecule has 28 heavy (non-hydrogen) atoms. The van der Waals surface area contributed by atoms with Crippen molar-refractivity contribution >= 4 is 5.97 Å². The number of esters is 1. The Balaban J connectivity index is 1.85. The van der Waals surface area contributed by atoms with Gasteiger partial charge in [-0.2, -0.15) is 5.10 Å². The number of hydrogen-bond acceptors (Lipinski definition) is 4. The Morgan fingerprint density at radius 3 is 2.61 bits per heavy atom. The number of halogens is 2. The molecular weight excluding hydrogens is 366 g/mol. The average molecular weight is 384 g/mol. The molecule has 1 aromatic heterocycles. The molecule has 0 atom stereocenters. The quantitative estimate of drug-likeness (QED) is 0.613. The van der Waals surface area contributed by atoms with E-state index >= 15 is 0 Å². The number of carbonyl (C=O) groups is 1. The van der Waals surface area contributed by atoms with E-state index in [0.717, 1.165) is 23.3 Å². The zero-order valence-corrected chi connectivity index (χ0v) is 15.2. The SMILES string of the molecule is CCOC(=O)Cc1cccc(Cc2nn(-c3ccc(F)c(F)c3)ccc2=O)c1. The molecule has 0 saturated carbocycles. The van der Waals surface area contributed by atoms with Gasteiger partial charge in [0.2, 0.25) is 5.43 Å².